The minimum Gasteiger partial charge on any atom is -0.440 e. The van der Waals surface area contributed by atoms with Crippen LogP contribution in [-0.2, 0) is 9.92 Å². The van der Waals surface area contributed by atoms with Crippen LogP contribution in [-0.4, -0.2) is 26.6 Å². The first-order valence-corrected chi connectivity index (χ1v) is 10.7. The van der Waals surface area contributed by atoms with E-state index in [1.54, 1.807) is 6.07 Å². The molecule has 0 aromatic carbocycles. The molecule has 0 bridgehead atoms. The Labute approximate surface area is 165 Å². The number of fused-ring (bicyclic) bond motifs is 1. The predicted molar refractivity (Wildman–Crippen MR) is 101 cm³/mol. The molecule has 1 atom stereocenters. The largest absolute Gasteiger partial charge is 0.440 e. The van der Waals surface area contributed by atoms with Crippen LogP contribution in [0.3, 0.4) is 0 Å². The van der Waals surface area contributed by atoms with E-state index < -0.39 is 15.8 Å². The first kappa shape index (κ1) is 18.9. The highest BCUT2D eigenvalue weighted by atomic mass is 35.5. The molecule has 3 heterocycles. The lowest BCUT2D eigenvalue weighted by molar-refractivity contribution is 0.0914. The minimum absolute atomic E-state index is 0.00968. The quantitative estimate of drug-likeness (QED) is 0.554. The molecule has 148 valence electrons. The van der Waals surface area contributed by atoms with Crippen LogP contribution in [0.4, 0.5) is 0 Å². The van der Waals surface area contributed by atoms with Gasteiger partial charge < -0.3 is 14.2 Å². The number of aromatic nitrogens is 2. The van der Waals surface area contributed by atoms with Crippen molar-refractivity contribution in [1.29, 1.82) is 4.78 Å². The Kier molecular flexibility index (Phi) is 4.86. The average molecular weight is 424 g/mol. The van der Waals surface area contributed by atoms with Crippen LogP contribution < -0.4 is 10.5 Å². The van der Waals surface area contributed by atoms with E-state index in [0.717, 1.165) is 19.3 Å². The lowest BCUT2D eigenvalue weighted by Gasteiger charge is -2.33. The second-order valence-corrected chi connectivity index (χ2v) is 8.87. The van der Waals surface area contributed by atoms with Gasteiger partial charge in [0.25, 0.3) is 5.91 Å². The number of carbonyl (C=O) groups excluding carboxylic acids is 1. The van der Waals surface area contributed by atoms with Crippen molar-refractivity contribution in [2.24, 2.45) is 11.1 Å². The second kappa shape index (κ2) is 7.19. The molecule has 4 rings (SSSR count). The third-order valence-corrected chi connectivity index (χ3v) is 5.78. The number of oxazole rings is 1. The molecule has 1 aliphatic rings. The summed E-state index contributed by atoms with van der Waals surface area (Å²) in [6.45, 7) is 0.482. The predicted octanol–water partition coefficient (Wildman–Crippen LogP) is 3.06. The highest BCUT2D eigenvalue weighted by molar-refractivity contribution is 7.90. The summed E-state index contributed by atoms with van der Waals surface area (Å²) in [6.07, 6.45) is 4.19. The molecule has 3 aromatic heterocycles. The van der Waals surface area contributed by atoms with Gasteiger partial charge in [-0.3, -0.25) is 4.79 Å². The van der Waals surface area contributed by atoms with E-state index in [0.29, 0.717) is 34.6 Å². The summed E-state index contributed by atoms with van der Waals surface area (Å²) in [4.78, 5) is 20.6. The number of hydrogen-bond acceptors (Lipinski definition) is 7. The maximum absolute atomic E-state index is 12.0. The van der Waals surface area contributed by atoms with E-state index in [9.17, 15) is 9.00 Å². The zero-order chi connectivity index (χ0) is 19.9. The number of halogens is 1. The number of nitrogens with zero attached hydrogens (tertiary/aromatic N) is 2. The second-order valence-electron chi connectivity index (χ2n) is 6.83. The Hall–Kier alpha value is -2.43. The number of nitrogens with one attached hydrogen (secondary N) is 2. The van der Waals surface area contributed by atoms with Gasteiger partial charge in [0.1, 0.15) is 5.52 Å². The maximum atomic E-state index is 12.0. The Balaban J connectivity index is 1.25. The molecule has 28 heavy (non-hydrogen) atoms. The van der Waals surface area contributed by atoms with Crippen LogP contribution in [0.2, 0.25) is 5.02 Å². The summed E-state index contributed by atoms with van der Waals surface area (Å²) in [5.74, 6) is 0.947. The maximum Gasteiger partial charge on any atom is 0.287 e. The molecule has 11 heteroatoms. The van der Waals surface area contributed by atoms with Gasteiger partial charge in [-0.15, -0.1) is 0 Å². The van der Waals surface area contributed by atoms with Crippen LogP contribution in [0.5, 0.6) is 0 Å². The summed E-state index contributed by atoms with van der Waals surface area (Å²) >= 11 is 5.91. The lowest BCUT2D eigenvalue weighted by atomic mass is 9.73. The van der Waals surface area contributed by atoms with Crippen molar-refractivity contribution >= 4 is 38.7 Å². The zero-order valence-electron chi connectivity index (χ0n) is 14.7. The molecule has 1 amide bonds. The molecule has 0 aliphatic heterocycles. The highest BCUT2D eigenvalue weighted by Crippen LogP contribution is 2.43. The standard InChI is InChI=1S/C17H18ClN5O4S/c18-11-7-12-17(22-8-11)27-16(23-12)10-5-9(6-10)3-4-21-15(24)13-1-2-14(26-13)28(19,20)25/h1-2,7-10H,3-6H2,(H,21,24)(H3,19,20,25). The number of hydrogen-bond donors (Lipinski definition) is 3. The van der Waals surface area contributed by atoms with Crippen molar-refractivity contribution in [2.75, 3.05) is 6.54 Å². The molecule has 1 aliphatic carbocycles. The summed E-state index contributed by atoms with van der Waals surface area (Å²) in [7, 11) is -3.46. The van der Waals surface area contributed by atoms with Crippen molar-refractivity contribution in [3.05, 3.63) is 41.1 Å². The Morgan fingerprint density at radius 1 is 1.39 bits per heavy atom. The van der Waals surface area contributed by atoms with Gasteiger partial charge >= 0.3 is 0 Å². The molecule has 0 spiro atoms. The smallest absolute Gasteiger partial charge is 0.287 e. The van der Waals surface area contributed by atoms with Gasteiger partial charge in [0.05, 0.1) is 5.02 Å². The first-order chi connectivity index (χ1) is 13.3. The van der Waals surface area contributed by atoms with Crippen LogP contribution in [0.15, 0.2) is 38.3 Å². The topological polar surface area (TPSA) is 148 Å². The number of furan rings is 1. The number of carbonyl (C=O) groups is 1. The van der Waals surface area contributed by atoms with Gasteiger partial charge in [-0.05, 0) is 43.4 Å². The molecule has 0 saturated heterocycles. The van der Waals surface area contributed by atoms with Crippen LogP contribution in [0.25, 0.3) is 11.2 Å². The van der Waals surface area contributed by atoms with E-state index >= 15 is 0 Å². The van der Waals surface area contributed by atoms with Crippen molar-refractivity contribution in [3.8, 4) is 0 Å². The van der Waals surface area contributed by atoms with Crippen LogP contribution in [0.1, 0.15) is 41.6 Å². The van der Waals surface area contributed by atoms with Gasteiger partial charge in [0.2, 0.25) is 16.7 Å². The van der Waals surface area contributed by atoms with Gasteiger partial charge in [-0.2, -0.15) is 0 Å². The Bertz CT molecular complexity index is 1130. The molecule has 0 radical (unpaired) electrons. The molecule has 1 fully saturated rings. The number of rotatable bonds is 6. The van der Waals surface area contributed by atoms with Gasteiger partial charge in [-0.1, -0.05) is 11.6 Å². The van der Waals surface area contributed by atoms with E-state index in [4.69, 9.17) is 30.4 Å². The third-order valence-electron chi connectivity index (χ3n) is 4.76. The average Bonchev–Trinajstić information content (AvgIpc) is 3.22. The highest BCUT2D eigenvalue weighted by Gasteiger charge is 2.33. The van der Waals surface area contributed by atoms with Crippen molar-refractivity contribution in [2.45, 2.75) is 30.3 Å². The van der Waals surface area contributed by atoms with Crippen molar-refractivity contribution in [1.82, 2.24) is 15.3 Å². The Morgan fingerprint density at radius 2 is 2.18 bits per heavy atom. The van der Waals surface area contributed by atoms with E-state index in [-0.39, 0.29) is 16.8 Å². The van der Waals surface area contributed by atoms with Crippen molar-refractivity contribution < 1.29 is 17.8 Å². The molecular formula is C17H18ClN5O4S. The minimum atomic E-state index is -3.46. The number of amides is 1. The lowest BCUT2D eigenvalue weighted by Crippen LogP contribution is -2.29. The fraction of sp³-hybridized carbons (Fsp3) is 0.353. The molecule has 1 unspecified atom stereocenters. The molecule has 9 nitrogen and oxygen atoms in total. The van der Waals surface area contributed by atoms with Crippen LogP contribution >= 0.6 is 11.6 Å². The SMILES string of the molecule is N=S(N)(=O)c1ccc(C(=O)NCCC2CC(c3nc4cc(Cl)cnc4o3)C2)o1. The number of pyridine rings is 1. The normalized spacial score (nSPS) is 21.2. The third kappa shape index (κ3) is 3.89. The summed E-state index contributed by atoms with van der Waals surface area (Å²) in [6, 6.07) is 4.37. The van der Waals surface area contributed by atoms with Crippen LogP contribution in [0, 0.1) is 10.7 Å². The van der Waals surface area contributed by atoms with Gasteiger partial charge in [-0.25, -0.2) is 24.1 Å². The molecule has 1 saturated carbocycles. The van der Waals surface area contributed by atoms with Crippen molar-refractivity contribution in [3.63, 3.8) is 0 Å². The Morgan fingerprint density at radius 3 is 2.89 bits per heavy atom. The number of nitrogens with two attached hydrogens (primary N) is 1. The first-order valence-electron chi connectivity index (χ1n) is 8.66. The van der Waals surface area contributed by atoms with E-state index in [2.05, 4.69) is 15.3 Å². The van der Waals surface area contributed by atoms with E-state index in [1.165, 1.54) is 18.3 Å². The summed E-state index contributed by atoms with van der Waals surface area (Å²) in [5, 5.41) is 8.24. The monoisotopic (exact) mass is 423 g/mol. The molecular weight excluding hydrogens is 406 g/mol. The van der Waals surface area contributed by atoms with E-state index in [1.807, 2.05) is 0 Å². The fourth-order valence-corrected chi connectivity index (χ4v) is 3.88. The summed E-state index contributed by atoms with van der Waals surface area (Å²) < 4.78 is 29.4. The van der Waals surface area contributed by atoms with Gasteiger partial charge in [0, 0.05) is 18.7 Å². The zero-order valence-corrected chi connectivity index (χ0v) is 16.3. The molecule has 3 aromatic rings. The fourth-order valence-electron chi connectivity index (χ4n) is 3.25. The van der Waals surface area contributed by atoms with Gasteiger partial charge in [0.15, 0.2) is 15.7 Å². The summed E-state index contributed by atoms with van der Waals surface area (Å²) in [5.41, 5.74) is 1.15. The molecule has 4 N–H and O–H groups in total.